The smallest absolute Gasteiger partial charge is 0.246 e. The largest absolute Gasteiger partial charge is 0.391 e. The van der Waals surface area contributed by atoms with Crippen LogP contribution in [0.15, 0.2) is 83.9 Å². The molecule has 0 spiro atoms. The number of aromatic nitrogens is 3. The monoisotopic (exact) mass is 1090 g/mol. The Kier molecular flexibility index (Phi) is 17.8. The maximum Gasteiger partial charge on any atom is 0.246 e. The number of hydrogen-bond acceptors (Lipinski definition) is 13. The Morgan fingerprint density at radius 2 is 1.56 bits per heavy atom. The number of halogens is 1. The molecule has 0 bridgehead atoms. The number of thiophene rings is 1. The van der Waals surface area contributed by atoms with Crippen LogP contribution in [0.4, 0.5) is 0 Å². The second-order valence-electron chi connectivity index (χ2n) is 20.9. The summed E-state index contributed by atoms with van der Waals surface area (Å²) >= 11 is 7.86. The van der Waals surface area contributed by atoms with Crippen LogP contribution in [0.1, 0.15) is 97.7 Å². The lowest BCUT2D eigenvalue weighted by molar-refractivity contribution is -0.144. The number of benzene rings is 3. The number of fused-ring (bicyclic) bond motifs is 4. The number of nitrogens with one attached hydrogen (secondary N) is 5. The van der Waals surface area contributed by atoms with Crippen molar-refractivity contribution in [3.05, 3.63) is 123 Å². The summed E-state index contributed by atoms with van der Waals surface area (Å²) in [6.45, 7) is 9.94. The van der Waals surface area contributed by atoms with Gasteiger partial charge >= 0.3 is 0 Å². The van der Waals surface area contributed by atoms with E-state index in [9.17, 15) is 38.7 Å². The number of ether oxygens (including phenoxy) is 1. The standard InChI is InChI=1S/C56H65ClN10O9S/c1-31-32(2)77-55-48(31)49(37-16-18-38(57)19-17-37)62-42(51-65-64-33(3)67(51)55)27-46(71)59-28-43-52(73)58-22-23-76-30-47(72)63-50(56(4,5)6)54(75)66-29-41(69)26-44(66)53(74)60-39(25-40(68)20-21-45(70)61-43)24-34-12-14-36(15-13-34)35-10-8-7-9-11-35/h7-19,39,41-44,50,69H,20-30H2,1-6H3,(H,58,73)(H,59,71)(H,60,74)(H,61,70)(H,63,72)/t39-,41-,42+,43-,44+,50-/m1/s1. The number of rotatable bonds is 8. The third-order valence-corrected chi connectivity index (χ3v) is 15.4. The number of aliphatic imine (C=N–C) groups is 1. The molecule has 19 nitrogen and oxygen atoms in total. The maximum atomic E-state index is 14.3. The average molecular weight is 1090 g/mol. The van der Waals surface area contributed by atoms with Crippen molar-refractivity contribution in [3.63, 3.8) is 0 Å². The summed E-state index contributed by atoms with van der Waals surface area (Å²) in [5.41, 5.74) is 5.29. The fraction of sp³-hybridized carbons (Fsp3) is 0.429. The van der Waals surface area contributed by atoms with Crippen LogP contribution in [0, 0.1) is 26.2 Å². The molecule has 77 heavy (non-hydrogen) atoms. The van der Waals surface area contributed by atoms with E-state index >= 15 is 0 Å². The summed E-state index contributed by atoms with van der Waals surface area (Å²) < 4.78 is 7.52. The fourth-order valence-electron chi connectivity index (χ4n) is 9.78. The highest BCUT2D eigenvalue weighted by atomic mass is 35.5. The molecule has 3 aliphatic heterocycles. The molecule has 0 aliphatic carbocycles. The molecule has 0 saturated carbocycles. The van der Waals surface area contributed by atoms with E-state index in [2.05, 4.69) is 36.8 Å². The van der Waals surface area contributed by atoms with Gasteiger partial charge in [0.2, 0.25) is 35.4 Å². The Morgan fingerprint density at radius 3 is 2.27 bits per heavy atom. The van der Waals surface area contributed by atoms with Crippen LogP contribution in [0.3, 0.4) is 0 Å². The first-order valence-electron chi connectivity index (χ1n) is 25.8. The van der Waals surface area contributed by atoms with Gasteiger partial charge in [-0.2, -0.15) is 0 Å². The lowest BCUT2D eigenvalue weighted by Crippen LogP contribution is -2.58. The summed E-state index contributed by atoms with van der Waals surface area (Å²) in [4.78, 5) is 105. The number of ketones is 1. The minimum atomic E-state index is -1.32. The van der Waals surface area contributed by atoms with Crippen molar-refractivity contribution in [3.8, 4) is 16.1 Å². The molecule has 2 aromatic heterocycles. The SMILES string of the molecule is Cc1sc2c(c1C)C(c1ccc(Cl)cc1)=N[C@@H](CC(=O)NC[C@H]1NC(=O)CCC(=O)C[C@@H](Cc3ccc(-c4ccccc4)cc3)NC(=O)[C@@H]3C[C@@H](O)CN3C(=O)[C@H](C(C)(C)C)NC(=O)COCCNC1=O)c1nnc(C)n1-2. The second-order valence-corrected chi connectivity index (χ2v) is 22.5. The van der Waals surface area contributed by atoms with E-state index < -0.39 is 83.8 Å². The third-order valence-electron chi connectivity index (χ3n) is 13.9. The number of carbonyl (C=O) groups is 7. The van der Waals surface area contributed by atoms with Gasteiger partial charge in [-0.15, -0.1) is 21.5 Å². The molecule has 6 N–H and O–H groups in total. The van der Waals surface area contributed by atoms with Crippen molar-refractivity contribution in [2.24, 2.45) is 10.4 Å². The van der Waals surface area contributed by atoms with E-state index in [4.69, 9.17) is 21.3 Å². The zero-order valence-electron chi connectivity index (χ0n) is 44.0. The van der Waals surface area contributed by atoms with Crippen LogP contribution in [-0.2, 0) is 44.7 Å². The summed E-state index contributed by atoms with van der Waals surface area (Å²) in [5.74, 6) is -2.93. The number of amides is 6. The average Bonchev–Trinajstić information content (AvgIpc) is 4.06. The predicted molar refractivity (Wildman–Crippen MR) is 291 cm³/mol. The van der Waals surface area contributed by atoms with E-state index in [1.54, 1.807) is 44.2 Å². The van der Waals surface area contributed by atoms with E-state index in [1.807, 2.05) is 92.1 Å². The van der Waals surface area contributed by atoms with Crippen LogP contribution < -0.4 is 26.6 Å². The van der Waals surface area contributed by atoms with Gasteiger partial charge in [0.15, 0.2) is 5.82 Å². The Morgan fingerprint density at radius 1 is 0.857 bits per heavy atom. The van der Waals surface area contributed by atoms with Gasteiger partial charge in [-0.05, 0) is 67.0 Å². The summed E-state index contributed by atoms with van der Waals surface area (Å²) in [6, 6.07) is 19.6. The molecular formula is C56H65ClN10O9S. The molecule has 2 saturated heterocycles. The zero-order chi connectivity index (χ0) is 55.1. The zero-order valence-corrected chi connectivity index (χ0v) is 45.6. The van der Waals surface area contributed by atoms with Crippen molar-refractivity contribution in [2.75, 3.05) is 32.8 Å². The Hall–Kier alpha value is -7.13. The molecule has 0 unspecified atom stereocenters. The van der Waals surface area contributed by atoms with Gasteiger partial charge in [-0.1, -0.05) is 99.1 Å². The maximum absolute atomic E-state index is 14.3. The lowest BCUT2D eigenvalue weighted by atomic mass is 9.85. The number of hydrogen-bond donors (Lipinski definition) is 6. The number of nitrogens with zero attached hydrogens (tertiary/aromatic N) is 5. The van der Waals surface area contributed by atoms with Crippen molar-refractivity contribution >= 4 is 69.9 Å². The summed E-state index contributed by atoms with van der Waals surface area (Å²) in [7, 11) is 0. The van der Waals surface area contributed by atoms with Crippen LogP contribution in [-0.4, -0.2) is 135 Å². The molecule has 406 valence electrons. The second kappa shape index (κ2) is 24.5. The Bertz CT molecular complexity index is 3040. The van der Waals surface area contributed by atoms with Gasteiger partial charge in [0, 0.05) is 72.4 Å². The molecule has 6 atom stereocenters. The first kappa shape index (κ1) is 56.1. The number of aryl methyl sites for hydroxylation is 2. The van der Waals surface area contributed by atoms with Crippen molar-refractivity contribution in [1.29, 1.82) is 0 Å². The lowest BCUT2D eigenvalue weighted by Gasteiger charge is -2.35. The number of Topliss-reactive ketones (excluding diaryl/α,β-unsaturated/α-hetero) is 1. The summed E-state index contributed by atoms with van der Waals surface area (Å²) in [6.07, 6.45) is -1.85. The highest BCUT2D eigenvalue weighted by Crippen LogP contribution is 2.40. The van der Waals surface area contributed by atoms with Crippen molar-refractivity contribution in [1.82, 2.24) is 46.2 Å². The van der Waals surface area contributed by atoms with Gasteiger partial charge in [0.05, 0.1) is 24.8 Å². The van der Waals surface area contributed by atoms with Crippen molar-refractivity contribution in [2.45, 2.75) is 116 Å². The van der Waals surface area contributed by atoms with Crippen LogP contribution in [0.25, 0.3) is 16.1 Å². The first-order valence-corrected chi connectivity index (χ1v) is 27.0. The molecule has 3 aromatic carbocycles. The Labute approximate surface area is 456 Å². The third kappa shape index (κ3) is 13.7. The minimum absolute atomic E-state index is 0.0660. The van der Waals surface area contributed by atoms with E-state index in [0.29, 0.717) is 22.4 Å². The molecule has 5 aromatic rings. The molecule has 8 rings (SSSR count). The molecule has 2 fully saturated rings. The van der Waals surface area contributed by atoms with Gasteiger partial charge in [-0.3, -0.25) is 43.1 Å². The van der Waals surface area contributed by atoms with E-state index in [1.165, 1.54) is 4.90 Å². The van der Waals surface area contributed by atoms with Crippen molar-refractivity contribution < 1.29 is 43.4 Å². The molecule has 5 heterocycles. The number of aliphatic hydroxyl groups is 1. The topological polar surface area (TPSA) is 255 Å². The predicted octanol–water partition coefficient (Wildman–Crippen LogP) is 4.56. The number of carbonyl (C=O) groups excluding carboxylic acids is 7. The normalized spacial score (nSPS) is 22.4. The molecule has 6 amide bonds. The van der Waals surface area contributed by atoms with Gasteiger partial charge in [0.25, 0.3) is 0 Å². The van der Waals surface area contributed by atoms with E-state index in [-0.39, 0.29) is 70.5 Å². The first-order chi connectivity index (χ1) is 36.7. The van der Waals surface area contributed by atoms with Gasteiger partial charge in [-0.25, -0.2) is 0 Å². The van der Waals surface area contributed by atoms with Crippen LogP contribution in [0.2, 0.25) is 5.02 Å². The number of aliphatic hydroxyl groups excluding tert-OH is 1. The highest BCUT2D eigenvalue weighted by molar-refractivity contribution is 7.15. The van der Waals surface area contributed by atoms with E-state index in [0.717, 1.165) is 43.3 Å². The quantitative estimate of drug-likeness (QED) is 0.126. The molecule has 21 heteroatoms. The highest BCUT2D eigenvalue weighted by Gasteiger charge is 2.45. The van der Waals surface area contributed by atoms with Crippen LogP contribution in [0.5, 0.6) is 0 Å². The van der Waals surface area contributed by atoms with Gasteiger partial charge < -0.3 is 41.3 Å². The van der Waals surface area contributed by atoms with Gasteiger partial charge in [0.1, 0.15) is 47.4 Å². The minimum Gasteiger partial charge on any atom is -0.391 e. The molecule has 0 radical (unpaired) electrons. The van der Waals surface area contributed by atoms with Crippen LogP contribution >= 0.6 is 22.9 Å². The fourth-order valence-corrected chi connectivity index (χ4v) is 11.1. The Balaban J connectivity index is 1.01. The summed E-state index contributed by atoms with van der Waals surface area (Å²) in [5, 5.41) is 35.0. The molecule has 3 aliphatic rings. The molecular weight excluding hydrogens is 1020 g/mol.